The highest BCUT2D eigenvalue weighted by atomic mass is 16.5. The Bertz CT molecular complexity index is 615. The maximum Gasteiger partial charge on any atom is 0.306 e. The number of fused-ring (bicyclic) bond motifs is 4. The van der Waals surface area contributed by atoms with Crippen molar-refractivity contribution in [2.24, 2.45) is 29.6 Å². The Morgan fingerprint density at radius 1 is 0.960 bits per heavy atom. The zero-order chi connectivity index (χ0) is 17.4. The second kappa shape index (κ2) is 7.09. The Morgan fingerprint density at radius 3 is 2.72 bits per heavy atom. The van der Waals surface area contributed by atoms with Gasteiger partial charge >= 0.3 is 5.97 Å². The van der Waals surface area contributed by atoms with Crippen LogP contribution in [0.1, 0.15) is 64.7 Å². The minimum atomic E-state index is -0.0889. The summed E-state index contributed by atoms with van der Waals surface area (Å²) in [4.78, 5) is 25.6. The first-order valence-corrected chi connectivity index (χ1v) is 10.2. The predicted molar refractivity (Wildman–Crippen MR) is 96.8 cm³/mol. The van der Waals surface area contributed by atoms with Crippen molar-refractivity contribution in [1.29, 1.82) is 0 Å². The maximum absolute atomic E-state index is 13.2. The highest BCUT2D eigenvalue weighted by molar-refractivity contribution is 5.85. The molecule has 3 nitrogen and oxygen atoms in total. The molecule has 136 valence electrons. The molecule has 1 aliphatic heterocycles. The van der Waals surface area contributed by atoms with Gasteiger partial charge in [-0.05, 0) is 56.3 Å². The average molecular weight is 342 g/mol. The second-order valence-electron chi connectivity index (χ2n) is 8.52. The van der Waals surface area contributed by atoms with Crippen LogP contribution in [0.3, 0.4) is 0 Å². The largest absolute Gasteiger partial charge is 0.466 e. The summed E-state index contributed by atoms with van der Waals surface area (Å²) in [5.74, 6) is 1.69. The van der Waals surface area contributed by atoms with Crippen LogP contribution in [0.2, 0.25) is 0 Å². The maximum atomic E-state index is 13.2. The lowest BCUT2D eigenvalue weighted by Crippen LogP contribution is -2.30. The summed E-state index contributed by atoms with van der Waals surface area (Å²) in [5.41, 5.74) is 3.10. The summed E-state index contributed by atoms with van der Waals surface area (Å²) in [6.07, 6.45) is 13.4. The van der Waals surface area contributed by atoms with E-state index in [0.717, 1.165) is 44.9 Å². The molecule has 2 fully saturated rings. The Kier molecular flexibility index (Phi) is 4.84. The smallest absolute Gasteiger partial charge is 0.306 e. The third-order valence-electron chi connectivity index (χ3n) is 7.07. The molecule has 5 atom stereocenters. The highest BCUT2D eigenvalue weighted by Crippen LogP contribution is 2.54. The fraction of sp³-hybridized carbons (Fsp3) is 0.727. The van der Waals surface area contributed by atoms with Crippen molar-refractivity contribution >= 4 is 11.8 Å². The molecule has 0 N–H and O–H groups in total. The van der Waals surface area contributed by atoms with E-state index < -0.39 is 0 Å². The van der Waals surface area contributed by atoms with Crippen molar-refractivity contribution in [3.63, 3.8) is 0 Å². The third-order valence-corrected chi connectivity index (χ3v) is 7.07. The number of ether oxygens (including phenoxy) is 1. The van der Waals surface area contributed by atoms with Crippen LogP contribution in [0.15, 0.2) is 23.3 Å². The number of ketones is 1. The first kappa shape index (κ1) is 17.1. The molecule has 0 spiro atoms. The first-order chi connectivity index (χ1) is 12.1. The van der Waals surface area contributed by atoms with Gasteiger partial charge in [0, 0.05) is 18.3 Å². The molecular formula is C22H30O3. The van der Waals surface area contributed by atoms with E-state index in [1.807, 2.05) is 0 Å². The van der Waals surface area contributed by atoms with Gasteiger partial charge in [-0.1, -0.05) is 43.1 Å². The van der Waals surface area contributed by atoms with E-state index in [2.05, 4.69) is 19.1 Å². The summed E-state index contributed by atoms with van der Waals surface area (Å²) in [6, 6.07) is 0. The molecule has 0 aromatic heterocycles. The molecule has 4 rings (SSSR count). The van der Waals surface area contributed by atoms with Gasteiger partial charge in [0.15, 0.2) is 0 Å². The number of Topliss-reactive ketones (excluding diaryl/α,β-unsaturated/α-hetero) is 1. The van der Waals surface area contributed by atoms with Crippen molar-refractivity contribution < 1.29 is 14.3 Å². The van der Waals surface area contributed by atoms with E-state index in [1.165, 1.54) is 12.0 Å². The Balaban J connectivity index is 1.63. The number of carbonyl (C=O) groups is 2. The van der Waals surface area contributed by atoms with Crippen LogP contribution < -0.4 is 0 Å². The molecule has 5 unspecified atom stereocenters. The van der Waals surface area contributed by atoms with Crippen molar-refractivity contribution in [3.05, 3.63) is 23.3 Å². The molecule has 1 heterocycles. The minimum Gasteiger partial charge on any atom is -0.466 e. The zero-order valence-corrected chi connectivity index (χ0v) is 15.3. The number of allylic oxidation sites excluding steroid dienone is 4. The van der Waals surface area contributed by atoms with Crippen molar-refractivity contribution in [2.45, 2.75) is 64.7 Å². The van der Waals surface area contributed by atoms with E-state index in [0.29, 0.717) is 30.6 Å². The van der Waals surface area contributed by atoms with Gasteiger partial charge < -0.3 is 4.74 Å². The quantitative estimate of drug-likeness (QED) is 0.477. The monoisotopic (exact) mass is 342 g/mol. The highest BCUT2D eigenvalue weighted by Gasteiger charge is 2.48. The number of esters is 1. The third kappa shape index (κ3) is 3.22. The summed E-state index contributed by atoms with van der Waals surface area (Å²) in [5, 5.41) is 0. The fourth-order valence-corrected chi connectivity index (χ4v) is 5.73. The molecule has 0 bridgehead atoms. The van der Waals surface area contributed by atoms with Crippen LogP contribution in [-0.2, 0) is 14.3 Å². The lowest BCUT2D eigenvalue weighted by molar-refractivity contribution is -0.146. The molecule has 25 heavy (non-hydrogen) atoms. The van der Waals surface area contributed by atoms with E-state index in [9.17, 15) is 9.59 Å². The van der Waals surface area contributed by atoms with E-state index in [1.54, 1.807) is 5.57 Å². The molecule has 0 radical (unpaired) electrons. The predicted octanol–water partition coefficient (Wildman–Crippen LogP) is 4.62. The average Bonchev–Trinajstić information content (AvgIpc) is 3.20. The standard InChI is InChI=1S/C22H30O3/c1-14-6-3-2-4-11-25-21(23)13-19-17-10-9-15-7-5-8-16(15)18(17)12-20(19)22(14)24/h5,7,14-15,17,19-20H,2-4,6,8-13H2,1H3. The summed E-state index contributed by atoms with van der Waals surface area (Å²) >= 11 is 0. The van der Waals surface area contributed by atoms with Gasteiger partial charge in [-0.3, -0.25) is 9.59 Å². The summed E-state index contributed by atoms with van der Waals surface area (Å²) in [7, 11) is 0. The molecule has 0 aromatic carbocycles. The molecule has 0 amide bonds. The molecule has 4 aliphatic rings. The van der Waals surface area contributed by atoms with Crippen molar-refractivity contribution in [3.8, 4) is 0 Å². The summed E-state index contributed by atoms with van der Waals surface area (Å²) in [6.45, 7) is 2.65. The van der Waals surface area contributed by atoms with Crippen LogP contribution in [0.25, 0.3) is 0 Å². The van der Waals surface area contributed by atoms with Crippen molar-refractivity contribution in [2.75, 3.05) is 6.61 Å². The number of hydrogen-bond donors (Lipinski definition) is 0. The van der Waals surface area contributed by atoms with Gasteiger partial charge in [-0.2, -0.15) is 0 Å². The number of hydrogen-bond acceptors (Lipinski definition) is 3. The molecular weight excluding hydrogens is 312 g/mol. The lowest BCUT2D eigenvalue weighted by atomic mass is 9.74. The van der Waals surface area contributed by atoms with Crippen LogP contribution in [-0.4, -0.2) is 18.4 Å². The minimum absolute atomic E-state index is 0.0360. The molecule has 0 aromatic rings. The molecule has 1 saturated heterocycles. The summed E-state index contributed by atoms with van der Waals surface area (Å²) < 4.78 is 5.47. The van der Waals surface area contributed by atoms with Crippen LogP contribution in [0.5, 0.6) is 0 Å². The Labute approximate surface area is 150 Å². The Hall–Kier alpha value is -1.38. The van der Waals surface area contributed by atoms with Crippen molar-refractivity contribution in [1.82, 2.24) is 0 Å². The van der Waals surface area contributed by atoms with Gasteiger partial charge in [-0.15, -0.1) is 0 Å². The van der Waals surface area contributed by atoms with E-state index in [4.69, 9.17) is 4.74 Å². The lowest BCUT2D eigenvalue weighted by Gasteiger charge is -2.30. The topological polar surface area (TPSA) is 43.4 Å². The SMILES string of the molecule is CC1CCCCCOC(=O)CC2C(CC3=C4CC=CC4CCC32)C1=O. The first-order valence-electron chi connectivity index (χ1n) is 10.2. The number of cyclic esters (lactones) is 1. The van der Waals surface area contributed by atoms with Gasteiger partial charge in [-0.25, -0.2) is 0 Å². The van der Waals surface area contributed by atoms with Gasteiger partial charge in [0.05, 0.1) is 6.61 Å². The second-order valence-corrected chi connectivity index (χ2v) is 8.52. The molecule has 3 aliphatic carbocycles. The normalized spacial score (nSPS) is 39.2. The van der Waals surface area contributed by atoms with E-state index in [-0.39, 0.29) is 23.7 Å². The molecule has 3 heteroatoms. The fourth-order valence-electron chi connectivity index (χ4n) is 5.73. The van der Waals surface area contributed by atoms with Gasteiger partial charge in [0.25, 0.3) is 0 Å². The zero-order valence-electron chi connectivity index (χ0n) is 15.3. The van der Waals surface area contributed by atoms with Crippen LogP contribution in [0, 0.1) is 29.6 Å². The molecule has 1 saturated carbocycles. The number of rotatable bonds is 0. The van der Waals surface area contributed by atoms with Gasteiger partial charge in [0.2, 0.25) is 0 Å². The van der Waals surface area contributed by atoms with Crippen LogP contribution in [0.4, 0.5) is 0 Å². The van der Waals surface area contributed by atoms with Crippen LogP contribution >= 0.6 is 0 Å². The van der Waals surface area contributed by atoms with E-state index >= 15 is 0 Å². The van der Waals surface area contributed by atoms with Gasteiger partial charge in [0.1, 0.15) is 5.78 Å². The number of carbonyl (C=O) groups excluding carboxylic acids is 2. The Morgan fingerprint density at radius 2 is 1.84 bits per heavy atom.